The van der Waals surface area contributed by atoms with Gasteiger partial charge in [-0.25, -0.2) is 4.99 Å². The van der Waals surface area contributed by atoms with E-state index >= 15 is 0 Å². The van der Waals surface area contributed by atoms with Gasteiger partial charge in [-0.1, -0.05) is 63.7 Å². The predicted octanol–water partition coefficient (Wildman–Crippen LogP) is 6.50. The van der Waals surface area contributed by atoms with E-state index < -0.39 is 0 Å². The van der Waals surface area contributed by atoms with Gasteiger partial charge in [0.2, 0.25) is 0 Å². The average Bonchev–Trinajstić information content (AvgIpc) is 3.46. The molecule has 0 spiro atoms. The third-order valence-electron chi connectivity index (χ3n) is 8.15. The molecule has 3 heterocycles. The van der Waals surface area contributed by atoms with Gasteiger partial charge in [-0.2, -0.15) is 0 Å². The third kappa shape index (κ3) is 4.35. The molecule has 2 aromatic heterocycles. The van der Waals surface area contributed by atoms with Crippen molar-refractivity contribution in [3.05, 3.63) is 142 Å². The van der Waals surface area contributed by atoms with Gasteiger partial charge in [-0.3, -0.25) is 9.36 Å². The maximum Gasteiger partial charge on any atom is 0.271 e. The van der Waals surface area contributed by atoms with Gasteiger partial charge in [0, 0.05) is 27.1 Å². The maximum absolute atomic E-state index is 14.2. The van der Waals surface area contributed by atoms with Gasteiger partial charge in [0.05, 0.1) is 23.4 Å². The minimum atomic E-state index is -0.210. The Morgan fingerprint density at radius 2 is 1.76 bits per heavy atom. The molecule has 0 saturated carbocycles. The molecule has 0 radical (unpaired) electrons. The summed E-state index contributed by atoms with van der Waals surface area (Å²) in [4.78, 5) is 20.1. The summed E-state index contributed by atoms with van der Waals surface area (Å²) in [6.45, 7) is 4.21. The molecule has 0 bridgehead atoms. The van der Waals surface area contributed by atoms with E-state index in [4.69, 9.17) is 9.73 Å². The zero-order chi connectivity index (χ0) is 28.2. The Kier molecular flexibility index (Phi) is 6.44. The molecule has 5 aromatic rings. The topological polar surface area (TPSA) is 48.5 Å². The van der Waals surface area contributed by atoms with Crippen LogP contribution >= 0.6 is 27.3 Å². The smallest absolute Gasteiger partial charge is 0.271 e. The lowest BCUT2D eigenvalue weighted by Gasteiger charge is -2.30. The lowest BCUT2D eigenvalue weighted by Crippen LogP contribution is -2.38. The fourth-order valence-electron chi connectivity index (χ4n) is 6.17. The number of fused-ring (bicyclic) bond motifs is 3. The standard InChI is InChI=1S/C34H28BrN3O2S/c1-20-18-24(21(2)37(20)26-13-11-25(35)12-14-26)19-30-33(39)38-32(23-8-15-27(40-3)16-9-23)29-17-10-22-6-4-5-7-28(22)31(29)36-34(38)41-30/h4-9,11-16,18-19,32H,10,17H2,1-3H3/b30-19+/t32-/m1/s1. The highest BCUT2D eigenvalue weighted by Crippen LogP contribution is 2.41. The van der Waals surface area contributed by atoms with E-state index in [0.29, 0.717) is 4.53 Å². The van der Waals surface area contributed by atoms with Crippen molar-refractivity contribution in [1.29, 1.82) is 0 Å². The minimum absolute atomic E-state index is 0.00609. The van der Waals surface area contributed by atoms with Crippen LogP contribution in [0.3, 0.4) is 0 Å². The Hall–Kier alpha value is -3.94. The Balaban J connectivity index is 1.42. The minimum Gasteiger partial charge on any atom is -0.497 e. The first-order chi connectivity index (χ1) is 19.9. The largest absolute Gasteiger partial charge is 0.497 e. The van der Waals surface area contributed by atoms with Gasteiger partial charge < -0.3 is 9.30 Å². The third-order valence-corrected chi connectivity index (χ3v) is 9.66. The molecule has 0 amide bonds. The van der Waals surface area contributed by atoms with Crippen LogP contribution in [0.2, 0.25) is 0 Å². The second kappa shape index (κ2) is 10.2. The highest BCUT2D eigenvalue weighted by molar-refractivity contribution is 9.10. The number of rotatable bonds is 4. The van der Waals surface area contributed by atoms with E-state index in [2.05, 4.69) is 88.9 Å². The van der Waals surface area contributed by atoms with E-state index in [-0.39, 0.29) is 11.6 Å². The van der Waals surface area contributed by atoms with Crippen molar-refractivity contribution < 1.29 is 4.74 Å². The van der Waals surface area contributed by atoms with Gasteiger partial charge in [-0.15, -0.1) is 0 Å². The number of aryl methyl sites for hydroxylation is 2. The highest BCUT2D eigenvalue weighted by atomic mass is 79.9. The summed E-state index contributed by atoms with van der Waals surface area (Å²) >= 11 is 5.00. The number of halogens is 1. The molecule has 0 N–H and O–H groups in total. The van der Waals surface area contributed by atoms with E-state index in [0.717, 1.165) is 61.8 Å². The zero-order valence-corrected chi connectivity index (χ0v) is 25.4. The summed E-state index contributed by atoms with van der Waals surface area (Å²) in [6.07, 6.45) is 3.83. The molecule has 41 heavy (non-hydrogen) atoms. The van der Waals surface area contributed by atoms with Crippen molar-refractivity contribution in [3.8, 4) is 11.4 Å². The number of hydrogen-bond donors (Lipinski definition) is 0. The van der Waals surface area contributed by atoms with Crippen molar-refractivity contribution in [2.75, 3.05) is 7.11 Å². The Labute approximate surface area is 250 Å². The lowest BCUT2D eigenvalue weighted by atomic mass is 9.83. The summed E-state index contributed by atoms with van der Waals surface area (Å²) in [5.74, 6) is 0.797. The molecule has 3 aromatic carbocycles. The summed E-state index contributed by atoms with van der Waals surface area (Å²) in [5, 5.41) is 0. The van der Waals surface area contributed by atoms with E-state index in [1.807, 2.05) is 34.9 Å². The van der Waals surface area contributed by atoms with Crippen LogP contribution in [-0.2, 0) is 6.42 Å². The molecule has 204 valence electrons. The quantitative estimate of drug-likeness (QED) is 0.230. The SMILES string of the molecule is COc1ccc([C@@H]2C3=C(N=c4s/c(=C/c5cc(C)n(-c6ccc(Br)cc6)c5C)c(=O)n42)c2ccccc2CC3)cc1. The molecule has 0 fully saturated rings. The van der Waals surface area contributed by atoms with Crippen molar-refractivity contribution in [2.24, 2.45) is 4.99 Å². The van der Waals surface area contributed by atoms with E-state index in [1.54, 1.807) is 7.11 Å². The van der Waals surface area contributed by atoms with E-state index in [1.165, 1.54) is 28.0 Å². The zero-order valence-electron chi connectivity index (χ0n) is 23.0. The molecular formula is C34H28BrN3O2S. The van der Waals surface area contributed by atoms with Gasteiger partial charge >= 0.3 is 0 Å². The monoisotopic (exact) mass is 621 g/mol. The molecule has 2 aliphatic rings. The lowest BCUT2D eigenvalue weighted by molar-refractivity contribution is 0.414. The number of allylic oxidation sites excluding steroid dienone is 1. The van der Waals surface area contributed by atoms with Crippen LogP contribution in [0.15, 0.2) is 98.7 Å². The van der Waals surface area contributed by atoms with Crippen molar-refractivity contribution in [1.82, 2.24) is 9.13 Å². The van der Waals surface area contributed by atoms with Crippen LogP contribution in [0.1, 0.15) is 46.1 Å². The number of ether oxygens (including phenoxy) is 1. The number of thiazole rings is 1. The number of hydrogen-bond acceptors (Lipinski definition) is 4. The van der Waals surface area contributed by atoms with Crippen LogP contribution in [0.25, 0.3) is 17.5 Å². The first-order valence-electron chi connectivity index (χ1n) is 13.6. The Morgan fingerprint density at radius 1 is 1.00 bits per heavy atom. The predicted molar refractivity (Wildman–Crippen MR) is 169 cm³/mol. The summed E-state index contributed by atoms with van der Waals surface area (Å²) in [6, 6.07) is 26.8. The first-order valence-corrected chi connectivity index (χ1v) is 15.3. The van der Waals surface area contributed by atoms with Crippen LogP contribution in [0, 0.1) is 13.8 Å². The Bertz CT molecular complexity index is 2030. The van der Waals surface area contributed by atoms with Gasteiger partial charge in [0.1, 0.15) is 5.75 Å². The first kappa shape index (κ1) is 26.0. The number of nitrogens with zero attached hydrogens (tertiary/aromatic N) is 3. The van der Waals surface area contributed by atoms with E-state index in [9.17, 15) is 4.79 Å². The van der Waals surface area contributed by atoms with Crippen LogP contribution in [-0.4, -0.2) is 16.2 Å². The molecule has 7 heteroatoms. The fourth-order valence-corrected chi connectivity index (χ4v) is 7.43. The number of benzene rings is 3. The van der Waals surface area contributed by atoms with Gasteiger partial charge in [0.15, 0.2) is 4.80 Å². The van der Waals surface area contributed by atoms with Gasteiger partial charge in [0.25, 0.3) is 5.56 Å². The van der Waals surface area contributed by atoms with Crippen molar-refractivity contribution >= 4 is 39.0 Å². The molecule has 5 nitrogen and oxygen atoms in total. The van der Waals surface area contributed by atoms with Crippen molar-refractivity contribution in [3.63, 3.8) is 0 Å². The van der Waals surface area contributed by atoms with Crippen molar-refractivity contribution in [2.45, 2.75) is 32.7 Å². The summed E-state index contributed by atoms with van der Waals surface area (Å²) in [5.41, 5.74) is 10.1. The number of methoxy groups -OCH3 is 1. The van der Waals surface area contributed by atoms with Gasteiger partial charge in [-0.05, 0) is 97.5 Å². The number of aromatic nitrogens is 2. The molecule has 7 rings (SSSR count). The van der Waals surface area contributed by atoms with Crippen LogP contribution in [0.4, 0.5) is 0 Å². The molecule has 1 atom stereocenters. The normalized spacial score (nSPS) is 16.2. The molecular weight excluding hydrogens is 594 g/mol. The molecule has 0 unspecified atom stereocenters. The van der Waals surface area contributed by atoms with Crippen LogP contribution in [0.5, 0.6) is 5.75 Å². The fraction of sp³-hybridized carbons (Fsp3) is 0.176. The second-order valence-corrected chi connectivity index (χ2v) is 12.4. The average molecular weight is 623 g/mol. The molecule has 1 aliphatic heterocycles. The summed E-state index contributed by atoms with van der Waals surface area (Å²) < 4.78 is 11.3. The molecule has 0 saturated heterocycles. The Morgan fingerprint density at radius 3 is 2.51 bits per heavy atom. The second-order valence-electron chi connectivity index (χ2n) is 10.5. The maximum atomic E-state index is 14.2. The van der Waals surface area contributed by atoms with Crippen LogP contribution < -0.4 is 19.6 Å². The molecule has 1 aliphatic carbocycles. The summed E-state index contributed by atoms with van der Waals surface area (Å²) in [7, 11) is 1.67. The highest BCUT2D eigenvalue weighted by Gasteiger charge is 2.32.